The minimum atomic E-state index is -1.41. The lowest BCUT2D eigenvalue weighted by Crippen LogP contribution is -2.53. The number of rotatable bonds is 12. The zero-order valence-corrected chi connectivity index (χ0v) is 25.8. The Labute approximate surface area is 255 Å². The average Bonchev–Trinajstić information content (AvgIpc) is 3.48. The fourth-order valence-corrected chi connectivity index (χ4v) is 6.44. The Hall–Kier alpha value is -2.99. The normalized spacial score (nSPS) is 19.6. The Morgan fingerprint density at radius 3 is 2.72 bits per heavy atom. The molecule has 4 atom stereocenters. The van der Waals surface area contributed by atoms with Gasteiger partial charge in [-0.05, 0) is 76.3 Å². The number of aromatic nitrogens is 2. The summed E-state index contributed by atoms with van der Waals surface area (Å²) in [7, 11) is 1.44. The van der Waals surface area contributed by atoms with Gasteiger partial charge in [-0.1, -0.05) is 0 Å². The van der Waals surface area contributed by atoms with E-state index < -0.39 is 29.7 Å². The second-order valence-electron chi connectivity index (χ2n) is 12.4. The van der Waals surface area contributed by atoms with Crippen molar-refractivity contribution in [2.45, 2.75) is 94.9 Å². The van der Waals surface area contributed by atoms with Crippen LogP contribution >= 0.6 is 11.3 Å². The van der Waals surface area contributed by atoms with Gasteiger partial charge in [0.05, 0.1) is 18.3 Å². The largest absolute Gasteiger partial charge is 0.485 e. The summed E-state index contributed by atoms with van der Waals surface area (Å²) in [6, 6.07) is 5.65. The quantitative estimate of drug-likeness (QED) is 0.261. The average molecular weight is 615 g/mol. The molecular weight excluding hydrogens is 574 g/mol. The van der Waals surface area contributed by atoms with Gasteiger partial charge in [0.1, 0.15) is 33.9 Å². The fraction of sp³-hybridized carbons (Fsp3) is 0.531. The number of aliphatic hydroxyl groups is 1. The molecule has 8 nitrogen and oxygen atoms in total. The van der Waals surface area contributed by atoms with E-state index in [9.17, 15) is 18.7 Å². The predicted molar refractivity (Wildman–Crippen MR) is 161 cm³/mol. The minimum Gasteiger partial charge on any atom is -0.485 e. The number of hydrogen-bond acceptors (Lipinski definition) is 8. The van der Waals surface area contributed by atoms with Gasteiger partial charge < -0.3 is 25.2 Å². The zero-order valence-electron chi connectivity index (χ0n) is 25.0. The lowest BCUT2D eigenvalue weighted by molar-refractivity contribution is -0.131. The molecule has 1 fully saturated rings. The number of fused-ring (bicyclic) bond motifs is 1. The van der Waals surface area contributed by atoms with E-state index in [1.807, 2.05) is 17.5 Å². The second kappa shape index (κ2) is 12.9. The van der Waals surface area contributed by atoms with Crippen LogP contribution in [0.1, 0.15) is 69.3 Å². The molecule has 3 aromatic rings. The van der Waals surface area contributed by atoms with E-state index in [1.54, 1.807) is 19.3 Å². The summed E-state index contributed by atoms with van der Waals surface area (Å²) in [5.74, 6) is -0.125. The van der Waals surface area contributed by atoms with Gasteiger partial charge in [0.25, 0.3) is 0 Å². The molecule has 1 amide bonds. The summed E-state index contributed by atoms with van der Waals surface area (Å²) in [6.45, 7) is 4.82. The molecule has 2 aliphatic rings. The van der Waals surface area contributed by atoms with Crippen LogP contribution in [0.15, 0.2) is 42.0 Å². The third-order valence-electron chi connectivity index (χ3n) is 8.28. The number of pyridine rings is 1. The third kappa shape index (κ3) is 7.75. The van der Waals surface area contributed by atoms with Gasteiger partial charge in [-0.15, -0.1) is 11.3 Å². The highest BCUT2D eigenvalue weighted by Gasteiger charge is 2.46. The van der Waals surface area contributed by atoms with E-state index in [2.05, 4.69) is 20.6 Å². The van der Waals surface area contributed by atoms with Crippen molar-refractivity contribution in [3.8, 4) is 16.3 Å². The van der Waals surface area contributed by atoms with Crippen LogP contribution in [-0.2, 0) is 22.4 Å². The molecule has 1 aliphatic heterocycles. The summed E-state index contributed by atoms with van der Waals surface area (Å²) in [5, 5.41) is 20.4. The number of carbonyl (C=O) groups excluding carboxylic acids is 1. The van der Waals surface area contributed by atoms with Crippen LogP contribution in [0.4, 0.5) is 8.78 Å². The first-order valence-corrected chi connectivity index (χ1v) is 15.6. The molecule has 0 radical (unpaired) electrons. The standard InChI is InChI=1S/C32H40F2N4O4S/c1-19(41-4)29(40)38-25(12-20-10-21(13-22(33)11-20)30-35-8-9-43-30)27(39)17-37-26-16-32(6-5-7-32)42-28-18-36-23(14-24(26)28)15-31(2,3)34/h8-11,13-14,18-19,25-27,37,39H,5-7,12,15-17H2,1-4H3,(H,38,40)/t19-,25+,26+,27-/m1/s1. The summed E-state index contributed by atoms with van der Waals surface area (Å²) in [4.78, 5) is 21.6. The van der Waals surface area contributed by atoms with Gasteiger partial charge >= 0.3 is 0 Å². The molecule has 1 saturated carbocycles. The number of nitrogens with zero attached hydrogens (tertiary/aromatic N) is 2. The number of thiazole rings is 1. The highest BCUT2D eigenvalue weighted by Crippen LogP contribution is 2.48. The number of nitrogens with one attached hydrogen (secondary N) is 2. The number of halogens is 2. The maximum atomic E-state index is 14.6. The van der Waals surface area contributed by atoms with Crippen LogP contribution in [0.2, 0.25) is 0 Å². The third-order valence-corrected chi connectivity index (χ3v) is 9.10. The summed E-state index contributed by atoms with van der Waals surface area (Å²) in [5.41, 5.74) is 1.07. The van der Waals surface area contributed by atoms with Crippen LogP contribution in [-0.4, -0.2) is 64.2 Å². The van der Waals surface area contributed by atoms with Crippen molar-refractivity contribution in [2.24, 2.45) is 0 Å². The van der Waals surface area contributed by atoms with E-state index in [0.717, 1.165) is 24.8 Å². The number of benzene rings is 1. The molecule has 2 aromatic heterocycles. The van der Waals surface area contributed by atoms with Gasteiger partial charge in [0.15, 0.2) is 0 Å². The number of amides is 1. The Morgan fingerprint density at radius 1 is 1.28 bits per heavy atom. The monoisotopic (exact) mass is 614 g/mol. The first kappa shape index (κ1) is 31.4. The molecule has 43 heavy (non-hydrogen) atoms. The number of methoxy groups -OCH3 is 1. The molecule has 11 heteroatoms. The highest BCUT2D eigenvalue weighted by molar-refractivity contribution is 7.13. The predicted octanol–water partition coefficient (Wildman–Crippen LogP) is 5.09. The van der Waals surface area contributed by atoms with E-state index in [1.165, 1.54) is 44.4 Å². The van der Waals surface area contributed by atoms with Crippen LogP contribution in [0.25, 0.3) is 10.6 Å². The molecule has 0 unspecified atom stereocenters. The smallest absolute Gasteiger partial charge is 0.249 e. The molecule has 0 bridgehead atoms. The molecule has 232 valence electrons. The lowest BCUT2D eigenvalue weighted by atomic mass is 9.73. The molecule has 5 rings (SSSR count). The van der Waals surface area contributed by atoms with Crippen LogP contribution in [0.3, 0.4) is 0 Å². The summed E-state index contributed by atoms with van der Waals surface area (Å²) >= 11 is 1.41. The van der Waals surface area contributed by atoms with Crippen molar-refractivity contribution in [1.29, 1.82) is 0 Å². The van der Waals surface area contributed by atoms with Crippen molar-refractivity contribution in [2.75, 3.05) is 13.7 Å². The molecule has 1 spiro atoms. The van der Waals surface area contributed by atoms with E-state index in [0.29, 0.717) is 34.0 Å². The van der Waals surface area contributed by atoms with Crippen LogP contribution < -0.4 is 15.4 Å². The minimum absolute atomic E-state index is 0.146. The van der Waals surface area contributed by atoms with Crippen LogP contribution in [0.5, 0.6) is 5.75 Å². The van der Waals surface area contributed by atoms with Gasteiger partial charge in [0, 0.05) is 60.9 Å². The van der Waals surface area contributed by atoms with Crippen molar-refractivity contribution in [1.82, 2.24) is 20.6 Å². The number of hydrogen-bond donors (Lipinski definition) is 3. The van der Waals surface area contributed by atoms with E-state index in [4.69, 9.17) is 9.47 Å². The number of carbonyl (C=O) groups is 1. The lowest BCUT2D eigenvalue weighted by Gasteiger charge is -2.48. The molecule has 1 aliphatic carbocycles. The fourth-order valence-electron chi connectivity index (χ4n) is 5.81. The first-order chi connectivity index (χ1) is 20.4. The Balaban J connectivity index is 1.36. The topological polar surface area (TPSA) is 106 Å². The zero-order chi connectivity index (χ0) is 30.8. The van der Waals surface area contributed by atoms with Crippen molar-refractivity contribution in [3.63, 3.8) is 0 Å². The van der Waals surface area contributed by atoms with Crippen LogP contribution in [0, 0.1) is 5.82 Å². The van der Waals surface area contributed by atoms with Gasteiger partial charge in [0.2, 0.25) is 5.91 Å². The van der Waals surface area contributed by atoms with Crippen molar-refractivity contribution >= 4 is 17.2 Å². The number of alkyl halides is 1. The molecule has 3 heterocycles. The van der Waals surface area contributed by atoms with Crippen molar-refractivity contribution in [3.05, 3.63) is 64.7 Å². The molecule has 0 saturated heterocycles. The maximum absolute atomic E-state index is 14.6. The van der Waals surface area contributed by atoms with Gasteiger partial charge in [-0.3, -0.25) is 9.78 Å². The Morgan fingerprint density at radius 2 is 2.07 bits per heavy atom. The highest BCUT2D eigenvalue weighted by atomic mass is 32.1. The molecule has 3 N–H and O–H groups in total. The maximum Gasteiger partial charge on any atom is 0.249 e. The Kier molecular flexibility index (Phi) is 9.46. The molecular formula is C32H40F2N4O4S. The van der Waals surface area contributed by atoms with Gasteiger partial charge in [-0.2, -0.15) is 0 Å². The van der Waals surface area contributed by atoms with E-state index >= 15 is 0 Å². The SMILES string of the molecule is CO[C@H](C)C(=O)N[C@@H](Cc1cc(F)cc(-c2nccs2)c1)[C@H](O)CN[C@H]1CC2(CCC2)Oc2cnc(CC(C)(C)F)cc21. The number of aliphatic hydroxyl groups excluding tert-OH is 1. The van der Waals surface area contributed by atoms with Crippen molar-refractivity contribution < 1.29 is 28.2 Å². The number of ether oxygens (including phenoxy) is 2. The van der Waals surface area contributed by atoms with Gasteiger partial charge in [-0.25, -0.2) is 13.8 Å². The molecule has 1 aromatic carbocycles. The first-order valence-electron chi connectivity index (χ1n) is 14.7. The summed E-state index contributed by atoms with van der Waals surface area (Å²) in [6.07, 6.45) is 5.60. The Bertz CT molecular complexity index is 1410. The second-order valence-corrected chi connectivity index (χ2v) is 13.3. The summed E-state index contributed by atoms with van der Waals surface area (Å²) < 4.78 is 40.7. The van der Waals surface area contributed by atoms with E-state index in [-0.39, 0.29) is 36.9 Å².